The van der Waals surface area contributed by atoms with Gasteiger partial charge in [0.25, 0.3) is 0 Å². The number of benzene rings is 2. The average Bonchev–Trinajstić information content (AvgIpc) is 2.73. The van der Waals surface area contributed by atoms with Gasteiger partial charge < -0.3 is 10.6 Å². The minimum absolute atomic E-state index is 0.0214. The zero-order valence-electron chi connectivity index (χ0n) is 18.6. The zero-order chi connectivity index (χ0) is 23.5. The Balaban J connectivity index is 1.55. The highest BCUT2D eigenvalue weighted by molar-refractivity contribution is 8.00. The molecule has 2 amide bonds. The summed E-state index contributed by atoms with van der Waals surface area (Å²) in [6.45, 7) is 8.09. The van der Waals surface area contributed by atoms with Crippen LogP contribution in [0.15, 0.2) is 53.4 Å². The van der Waals surface area contributed by atoms with E-state index in [2.05, 4.69) is 16.0 Å². The van der Waals surface area contributed by atoms with E-state index in [0.29, 0.717) is 5.69 Å². The van der Waals surface area contributed by atoms with Crippen LogP contribution in [0.2, 0.25) is 0 Å². The molecule has 2 aromatic carbocycles. The second-order valence-electron chi connectivity index (χ2n) is 8.83. The van der Waals surface area contributed by atoms with Crippen LogP contribution in [0.4, 0.5) is 5.69 Å². The molecule has 1 aliphatic rings. The van der Waals surface area contributed by atoms with Crippen molar-refractivity contribution in [3.63, 3.8) is 0 Å². The maximum atomic E-state index is 13.0. The van der Waals surface area contributed by atoms with Crippen LogP contribution in [0.3, 0.4) is 0 Å². The third-order valence-electron chi connectivity index (χ3n) is 5.19. The summed E-state index contributed by atoms with van der Waals surface area (Å²) in [6.07, 6.45) is 0. The number of carbonyl (C=O) groups is 2. The van der Waals surface area contributed by atoms with E-state index in [-0.39, 0.29) is 28.5 Å². The van der Waals surface area contributed by atoms with Crippen molar-refractivity contribution in [2.75, 3.05) is 17.6 Å². The second kappa shape index (κ2) is 9.64. The van der Waals surface area contributed by atoms with Gasteiger partial charge in [-0.25, -0.2) is 8.42 Å². The molecule has 7 nitrogen and oxygen atoms in total. The van der Waals surface area contributed by atoms with E-state index in [1.165, 1.54) is 11.8 Å². The number of rotatable bonds is 6. The summed E-state index contributed by atoms with van der Waals surface area (Å²) >= 11 is 1.19. The van der Waals surface area contributed by atoms with Gasteiger partial charge in [0.05, 0.1) is 10.6 Å². The molecule has 2 atom stereocenters. The predicted octanol–water partition coefficient (Wildman–Crippen LogP) is 2.81. The molecule has 0 radical (unpaired) electrons. The number of carbonyl (C=O) groups excluding carboxylic acids is 2. The summed E-state index contributed by atoms with van der Waals surface area (Å²) < 4.78 is 26.0. The maximum Gasteiger partial charge on any atom is 0.241 e. The molecule has 0 aromatic heterocycles. The van der Waals surface area contributed by atoms with E-state index in [4.69, 9.17) is 0 Å². The number of nitrogens with one attached hydrogen (secondary N) is 3. The van der Waals surface area contributed by atoms with Crippen molar-refractivity contribution in [3.05, 3.63) is 59.7 Å². The highest BCUT2D eigenvalue weighted by Crippen LogP contribution is 2.25. The molecule has 0 spiro atoms. The average molecular weight is 476 g/mol. The van der Waals surface area contributed by atoms with Crippen LogP contribution in [0.1, 0.15) is 31.9 Å². The number of hydrogen-bond acceptors (Lipinski definition) is 6. The molecule has 0 bridgehead atoms. The Morgan fingerprint density at radius 3 is 2.28 bits per heavy atom. The van der Waals surface area contributed by atoms with Crippen LogP contribution in [-0.2, 0) is 24.8 Å². The molecule has 1 fully saturated rings. The monoisotopic (exact) mass is 475 g/mol. The topological polar surface area (TPSA) is 104 Å². The van der Waals surface area contributed by atoms with Gasteiger partial charge in [-0.3, -0.25) is 14.9 Å². The summed E-state index contributed by atoms with van der Waals surface area (Å²) in [6, 6.07) is 14.1. The Hall–Kier alpha value is -2.36. The molecule has 1 heterocycles. The van der Waals surface area contributed by atoms with E-state index in [9.17, 15) is 18.0 Å². The van der Waals surface area contributed by atoms with E-state index in [1.54, 1.807) is 24.3 Å². The molecule has 2 aromatic rings. The fraction of sp³-hybridized carbons (Fsp3) is 0.391. The van der Waals surface area contributed by atoms with Gasteiger partial charge in [-0.15, -0.1) is 11.8 Å². The van der Waals surface area contributed by atoms with Gasteiger partial charge in [-0.1, -0.05) is 50.6 Å². The normalized spacial score (nSPS) is 19.3. The molecule has 0 saturated carbocycles. The van der Waals surface area contributed by atoms with Gasteiger partial charge in [0.1, 0.15) is 5.50 Å². The SMILES string of the molecule is Cc1ccc(NC(=O)CSC2NCC(S(=O)(=O)c3ccc(C(C)(C)C)cc3)C(=O)N2)cc1. The van der Waals surface area contributed by atoms with E-state index >= 15 is 0 Å². The summed E-state index contributed by atoms with van der Waals surface area (Å²) in [7, 11) is -3.84. The lowest BCUT2D eigenvalue weighted by atomic mass is 9.87. The van der Waals surface area contributed by atoms with Crippen LogP contribution in [0, 0.1) is 6.92 Å². The lowest BCUT2D eigenvalue weighted by Crippen LogP contribution is -2.59. The first kappa shape index (κ1) is 24.3. The summed E-state index contributed by atoms with van der Waals surface area (Å²) in [5.41, 5.74) is 2.18. The first-order chi connectivity index (χ1) is 15.0. The molecule has 32 heavy (non-hydrogen) atoms. The Morgan fingerprint density at radius 1 is 1.09 bits per heavy atom. The van der Waals surface area contributed by atoms with Crippen molar-refractivity contribution >= 4 is 39.1 Å². The van der Waals surface area contributed by atoms with Gasteiger partial charge in [0, 0.05) is 12.2 Å². The standard InChI is InChI=1S/C23H29N3O4S2/c1-15-5-9-17(10-6-15)25-20(27)14-31-22-24-13-19(21(28)26-22)32(29,30)18-11-7-16(8-12-18)23(2,3)4/h5-12,19,22,24H,13-14H2,1-4H3,(H,25,27)(H,26,28). The largest absolute Gasteiger partial charge is 0.331 e. The third kappa shape index (κ3) is 5.90. The Labute approximate surface area is 193 Å². The van der Waals surface area contributed by atoms with E-state index < -0.39 is 26.5 Å². The number of amides is 2. The molecule has 2 unspecified atom stereocenters. The first-order valence-corrected chi connectivity index (χ1v) is 12.9. The molecule has 9 heteroatoms. The van der Waals surface area contributed by atoms with Crippen LogP contribution in [0.25, 0.3) is 0 Å². The molecule has 1 saturated heterocycles. The highest BCUT2D eigenvalue weighted by Gasteiger charge is 2.38. The number of hydrogen-bond donors (Lipinski definition) is 3. The Bertz CT molecular complexity index is 1080. The molecule has 0 aliphatic carbocycles. The van der Waals surface area contributed by atoms with Crippen LogP contribution in [-0.4, -0.2) is 43.3 Å². The zero-order valence-corrected chi connectivity index (χ0v) is 20.3. The number of thioether (sulfide) groups is 1. The van der Waals surface area contributed by atoms with Gasteiger partial charge in [-0.05, 0) is 42.2 Å². The Morgan fingerprint density at radius 2 is 1.72 bits per heavy atom. The minimum atomic E-state index is -3.84. The van der Waals surface area contributed by atoms with Crippen molar-refractivity contribution in [2.24, 2.45) is 0 Å². The van der Waals surface area contributed by atoms with Crippen LogP contribution < -0.4 is 16.0 Å². The smallest absolute Gasteiger partial charge is 0.241 e. The molecule has 3 rings (SSSR count). The van der Waals surface area contributed by atoms with Crippen molar-refractivity contribution in [1.82, 2.24) is 10.6 Å². The molecule has 3 N–H and O–H groups in total. The lowest BCUT2D eigenvalue weighted by Gasteiger charge is -2.29. The van der Waals surface area contributed by atoms with Crippen LogP contribution in [0.5, 0.6) is 0 Å². The van der Waals surface area contributed by atoms with Crippen molar-refractivity contribution in [1.29, 1.82) is 0 Å². The van der Waals surface area contributed by atoms with Crippen LogP contribution >= 0.6 is 11.8 Å². The minimum Gasteiger partial charge on any atom is -0.331 e. The maximum absolute atomic E-state index is 13.0. The summed E-state index contributed by atoms with van der Waals surface area (Å²) in [5.74, 6) is -0.666. The molecule has 172 valence electrons. The van der Waals surface area contributed by atoms with Crippen molar-refractivity contribution in [2.45, 2.75) is 48.8 Å². The van der Waals surface area contributed by atoms with Gasteiger partial charge >= 0.3 is 0 Å². The summed E-state index contributed by atoms with van der Waals surface area (Å²) in [5, 5.41) is 7.24. The number of anilines is 1. The quantitative estimate of drug-likeness (QED) is 0.594. The van der Waals surface area contributed by atoms with E-state index in [1.807, 2.05) is 52.0 Å². The number of aryl methyl sites for hydroxylation is 1. The third-order valence-corrected chi connectivity index (χ3v) is 8.30. The molecular formula is C23H29N3O4S2. The fourth-order valence-electron chi connectivity index (χ4n) is 3.23. The predicted molar refractivity (Wildman–Crippen MR) is 128 cm³/mol. The van der Waals surface area contributed by atoms with Crippen molar-refractivity contribution in [3.8, 4) is 0 Å². The highest BCUT2D eigenvalue weighted by atomic mass is 32.2. The lowest BCUT2D eigenvalue weighted by molar-refractivity contribution is -0.122. The molecule has 1 aliphatic heterocycles. The molecular weight excluding hydrogens is 446 g/mol. The fourth-order valence-corrected chi connectivity index (χ4v) is 5.55. The van der Waals surface area contributed by atoms with Gasteiger partial charge in [-0.2, -0.15) is 0 Å². The summed E-state index contributed by atoms with van der Waals surface area (Å²) in [4.78, 5) is 24.9. The second-order valence-corrected chi connectivity index (χ2v) is 12.1. The first-order valence-electron chi connectivity index (χ1n) is 10.3. The van der Waals surface area contributed by atoms with E-state index in [0.717, 1.165) is 11.1 Å². The van der Waals surface area contributed by atoms with Gasteiger partial charge in [0.15, 0.2) is 15.1 Å². The Kier molecular flexibility index (Phi) is 7.32. The number of sulfone groups is 1. The van der Waals surface area contributed by atoms with Gasteiger partial charge in [0.2, 0.25) is 11.8 Å². The van der Waals surface area contributed by atoms with Crippen molar-refractivity contribution < 1.29 is 18.0 Å².